The zero-order chi connectivity index (χ0) is 10.3. The Balaban J connectivity index is 2.12. The quantitative estimate of drug-likeness (QED) is 0.723. The average molecular weight is 217 g/mol. The van der Waals surface area contributed by atoms with Gasteiger partial charge in [0.1, 0.15) is 0 Å². The van der Waals surface area contributed by atoms with Crippen molar-refractivity contribution in [2.24, 2.45) is 0 Å². The maximum atomic E-state index is 12.2. The number of fused-ring (bicyclic) bond motifs is 1. The van der Waals surface area contributed by atoms with Crippen LogP contribution in [0.3, 0.4) is 0 Å². The Bertz CT molecular complexity index is 482. The zero-order valence-electron chi connectivity index (χ0n) is 8.25. The van der Waals surface area contributed by atoms with Crippen LogP contribution in [-0.2, 0) is 6.54 Å². The Morgan fingerprint density at radius 3 is 3.27 bits per heavy atom. The lowest BCUT2D eigenvalue weighted by atomic mass is 9.98. The van der Waals surface area contributed by atoms with E-state index in [1.807, 2.05) is 17.5 Å². The molecule has 0 aromatic carbocycles. The molecule has 0 amide bonds. The Morgan fingerprint density at radius 1 is 1.40 bits per heavy atom. The molecular weight excluding hydrogens is 206 g/mol. The van der Waals surface area contributed by atoms with Gasteiger partial charge in [0.25, 0.3) is 0 Å². The number of Topliss-reactive ketones (excluding diaryl/α,β-unsaturated/α-hetero) is 1. The van der Waals surface area contributed by atoms with Gasteiger partial charge in [-0.05, 0) is 35.9 Å². The molecule has 0 unspecified atom stereocenters. The van der Waals surface area contributed by atoms with Crippen molar-refractivity contribution < 1.29 is 4.79 Å². The normalized spacial score (nSPS) is 19.3. The van der Waals surface area contributed by atoms with Crippen molar-refractivity contribution in [3.8, 4) is 0 Å². The number of nitrogens with one attached hydrogen (secondary N) is 1. The maximum Gasteiger partial charge on any atom is 0.201 e. The van der Waals surface area contributed by atoms with E-state index < -0.39 is 0 Å². The minimum absolute atomic E-state index is 0.226. The molecule has 0 radical (unpaired) electrons. The van der Waals surface area contributed by atoms with Gasteiger partial charge >= 0.3 is 0 Å². The highest BCUT2D eigenvalue weighted by molar-refractivity contribution is 7.12. The van der Waals surface area contributed by atoms with Crippen molar-refractivity contribution in [3.63, 3.8) is 0 Å². The number of allylic oxidation sites excluding steroid dienone is 3. The molecule has 0 spiro atoms. The van der Waals surface area contributed by atoms with E-state index in [1.165, 1.54) is 0 Å². The smallest absolute Gasteiger partial charge is 0.201 e. The molecule has 76 valence electrons. The lowest BCUT2D eigenvalue weighted by Crippen LogP contribution is -2.14. The van der Waals surface area contributed by atoms with Crippen molar-refractivity contribution in [1.82, 2.24) is 5.32 Å². The molecule has 15 heavy (non-hydrogen) atoms. The van der Waals surface area contributed by atoms with Gasteiger partial charge in [-0.3, -0.25) is 4.79 Å². The highest BCUT2D eigenvalue weighted by Crippen LogP contribution is 2.29. The number of hydrogen-bond acceptors (Lipinski definition) is 3. The second-order valence-electron chi connectivity index (χ2n) is 3.79. The fraction of sp³-hybridized carbons (Fsp3) is 0.250. The van der Waals surface area contributed by atoms with Crippen LogP contribution >= 0.6 is 11.3 Å². The molecule has 3 rings (SSSR count). The average Bonchev–Trinajstić information content (AvgIpc) is 2.69. The molecular formula is C12H11NOS. The minimum atomic E-state index is 0.226. The van der Waals surface area contributed by atoms with Gasteiger partial charge in [-0.25, -0.2) is 0 Å². The summed E-state index contributed by atoms with van der Waals surface area (Å²) < 4.78 is 0. The molecule has 2 aliphatic rings. The van der Waals surface area contributed by atoms with Gasteiger partial charge in [0.15, 0.2) is 0 Å². The highest BCUT2D eigenvalue weighted by Gasteiger charge is 2.24. The van der Waals surface area contributed by atoms with Crippen LogP contribution in [0.1, 0.15) is 28.1 Å². The second kappa shape index (κ2) is 3.35. The predicted molar refractivity (Wildman–Crippen MR) is 60.9 cm³/mol. The van der Waals surface area contributed by atoms with Crippen LogP contribution in [0, 0.1) is 0 Å². The number of ketones is 1. The first-order valence-electron chi connectivity index (χ1n) is 5.11. The molecule has 0 saturated heterocycles. The van der Waals surface area contributed by atoms with Gasteiger partial charge < -0.3 is 5.32 Å². The third-order valence-electron chi connectivity index (χ3n) is 2.87. The fourth-order valence-corrected chi connectivity index (χ4v) is 2.96. The first-order chi connectivity index (χ1) is 7.36. The van der Waals surface area contributed by atoms with Crippen LogP contribution in [0.4, 0.5) is 0 Å². The topological polar surface area (TPSA) is 29.1 Å². The third-order valence-corrected chi connectivity index (χ3v) is 3.82. The molecule has 1 aliphatic heterocycles. The first-order valence-corrected chi connectivity index (χ1v) is 5.99. The van der Waals surface area contributed by atoms with Crippen molar-refractivity contribution >= 4 is 17.1 Å². The van der Waals surface area contributed by atoms with Crippen molar-refractivity contribution in [1.29, 1.82) is 0 Å². The first kappa shape index (κ1) is 8.92. The van der Waals surface area contributed by atoms with Crippen LogP contribution in [0.2, 0.25) is 0 Å². The van der Waals surface area contributed by atoms with Crippen LogP contribution in [0.5, 0.6) is 0 Å². The van der Waals surface area contributed by atoms with Crippen LogP contribution < -0.4 is 5.32 Å². The number of rotatable bonds is 0. The molecule has 1 N–H and O–H groups in total. The van der Waals surface area contributed by atoms with Crippen LogP contribution in [0.15, 0.2) is 34.9 Å². The number of thiophene rings is 1. The summed E-state index contributed by atoms with van der Waals surface area (Å²) in [4.78, 5) is 13.1. The second-order valence-corrected chi connectivity index (χ2v) is 4.71. The molecule has 2 nitrogen and oxygen atoms in total. The lowest BCUT2D eigenvalue weighted by molar-refractivity contribution is 0.103. The van der Waals surface area contributed by atoms with Gasteiger partial charge in [-0.15, -0.1) is 11.3 Å². The fourth-order valence-electron chi connectivity index (χ4n) is 2.07. The molecule has 0 atom stereocenters. The van der Waals surface area contributed by atoms with E-state index in [2.05, 4.69) is 11.4 Å². The number of carbonyl (C=O) groups is 1. The van der Waals surface area contributed by atoms with Crippen LogP contribution in [-0.4, -0.2) is 5.78 Å². The summed E-state index contributed by atoms with van der Waals surface area (Å²) in [5.41, 5.74) is 3.11. The highest BCUT2D eigenvalue weighted by atomic mass is 32.1. The molecule has 2 heterocycles. The van der Waals surface area contributed by atoms with E-state index >= 15 is 0 Å². The molecule has 1 aromatic heterocycles. The Hall–Kier alpha value is -1.35. The Labute approximate surface area is 92.3 Å². The van der Waals surface area contributed by atoms with E-state index in [0.717, 1.165) is 41.1 Å². The summed E-state index contributed by atoms with van der Waals surface area (Å²) in [6.07, 6.45) is 6.01. The largest absolute Gasteiger partial charge is 0.381 e. The van der Waals surface area contributed by atoms with E-state index in [-0.39, 0.29) is 5.78 Å². The number of carbonyl (C=O) groups excluding carboxylic acids is 1. The van der Waals surface area contributed by atoms with Crippen LogP contribution in [0.25, 0.3) is 0 Å². The standard InChI is InChI=1S/C12H11NOS/c14-11-9-3-1-2-4-10(9)13-7-8-5-6-15-12(8)11/h2,4-6,13H,1,3,7H2. The summed E-state index contributed by atoms with van der Waals surface area (Å²) in [7, 11) is 0. The SMILES string of the molecule is O=C1C2=C(C=CCC2)NCc2ccsc21. The maximum absolute atomic E-state index is 12.2. The van der Waals surface area contributed by atoms with E-state index in [1.54, 1.807) is 11.3 Å². The van der Waals surface area contributed by atoms with Gasteiger partial charge in [0, 0.05) is 17.8 Å². The van der Waals surface area contributed by atoms with Gasteiger partial charge in [0.05, 0.1) is 4.88 Å². The Kier molecular flexibility index (Phi) is 1.99. The van der Waals surface area contributed by atoms with Crippen molar-refractivity contribution in [2.75, 3.05) is 0 Å². The monoisotopic (exact) mass is 217 g/mol. The molecule has 0 fully saturated rings. The van der Waals surface area contributed by atoms with E-state index in [9.17, 15) is 4.79 Å². The van der Waals surface area contributed by atoms with Crippen molar-refractivity contribution in [2.45, 2.75) is 19.4 Å². The summed E-state index contributed by atoms with van der Waals surface area (Å²) in [6.45, 7) is 0.772. The van der Waals surface area contributed by atoms with E-state index in [0.29, 0.717) is 0 Å². The van der Waals surface area contributed by atoms with Gasteiger partial charge in [-0.1, -0.05) is 6.08 Å². The Morgan fingerprint density at radius 2 is 2.33 bits per heavy atom. The minimum Gasteiger partial charge on any atom is -0.381 e. The van der Waals surface area contributed by atoms with Gasteiger partial charge in [-0.2, -0.15) is 0 Å². The van der Waals surface area contributed by atoms with Gasteiger partial charge in [0.2, 0.25) is 5.78 Å². The summed E-state index contributed by atoms with van der Waals surface area (Å²) in [6, 6.07) is 2.03. The van der Waals surface area contributed by atoms with E-state index in [4.69, 9.17) is 0 Å². The molecule has 0 bridgehead atoms. The predicted octanol–water partition coefficient (Wildman–Crippen LogP) is 2.64. The molecule has 0 saturated carbocycles. The zero-order valence-corrected chi connectivity index (χ0v) is 9.06. The lowest BCUT2D eigenvalue weighted by Gasteiger charge is -2.12. The summed E-state index contributed by atoms with van der Waals surface area (Å²) in [5.74, 6) is 0.226. The number of hydrogen-bond donors (Lipinski definition) is 1. The summed E-state index contributed by atoms with van der Waals surface area (Å²) >= 11 is 1.55. The third kappa shape index (κ3) is 1.35. The molecule has 1 aromatic rings. The summed E-state index contributed by atoms with van der Waals surface area (Å²) in [5, 5.41) is 5.33. The van der Waals surface area contributed by atoms with Crippen molar-refractivity contribution in [3.05, 3.63) is 45.3 Å². The molecule has 3 heteroatoms. The molecule has 1 aliphatic carbocycles.